The minimum atomic E-state index is -3.86. The fraction of sp³-hybridized carbons (Fsp3) is 0.500. The van der Waals surface area contributed by atoms with Gasteiger partial charge in [-0.15, -0.1) is 0 Å². The van der Waals surface area contributed by atoms with Crippen LogP contribution in [0.3, 0.4) is 0 Å². The summed E-state index contributed by atoms with van der Waals surface area (Å²) in [6.07, 6.45) is 0.827. The number of carbonyl (C=O) groups excluding carboxylic acids is 1. The monoisotopic (exact) mass is 317 g/mol. The van der Waals surface area contributed by atoms with Gasteiger partial charge in [0.05, 0.1) is 4.90 Å². The highest BCUT2D eigenvalue weighted by Gasteiger charge is 2.21. The Labute approximate surface area is 125 Å². The van der Waals surface area contributed by atoms with Crippen molar-refractivity contribution in [3.63, 3.8) is 0 Å². The second-order valence-corrected chi connectivity index (χ2v) is 7.56. The molecule has 1 unspecified atom stereocenters. The van der Waals surface area contributed by atoms with Gasteiger partial charge >= 0.3 is 0 Å². The average Bonchev–Trinajstić information content (AvgIpc) is 2.37. The summed E-state index contributed by atoms with van der Waals surface area (Å²) in [6, 6.07) is 3.13. The van der Waals surface area contributed by atoms with Gasteiger partial charge in [-0.25, -0.2) is 8.42 Å². The second-order valence-electron chi connectivity index (χ2n) is 5.03. The summed E-state index contributed by atoms with van der Waals surface area (Å²) in [5.74, 6) is -0.205. The van der Waals surface area contributed by atoms with Crippen LogP contribution in [0.15, 0.2) is 17.0 Å². The lowest BCUT2D eigenvalue weighted by Crippen LogP contribution is -2.34. The molecule has 0 aliphatic rings. The Morgan fingerprint density at radius 2 is 1.90 bits per heavy atom. The maximum Gasteiger partial charge on any atom is 0.261 e. The smallest absolute Gasteiger partial charge is 0.261 e. The van der Waals surface area contributed by atoms with Crippen LogP contribution in [0.5, 0.6) is 0 Å². The third-order valence-electron chi connectivity index (χ3n) is 3.70. The zero-order valence-electron chi connectivity index (χ0n) is 12.4. The summed E-state index contributed by atoms with van der Waals surface area (Å²) < 4.78 is 23.2. The van der Waals surface area contributed by atoms with Crippen molar-refractivity contribution in [2.45, 2.75) is 45.1 Å². The van der Waals surface area contributed by atoms with Crippen LogP contribution in [-0.2, 0) is 9.05 Å². The third-order valence-corrected chi connectivity index (χ3v) is 5.15. The Bertz CT molecular complexity index is 626. The van der Waals surface area contributed by atoms with Crippen LogP contribution in [0.1, 0.15) is 41.8 Å². The highest BCUT2D eigenvalue weighted by atomic mass is 35.7. The lowest BCUT2D eigenvalue weighted by atomic mass is 10.0. The van der Waals surface area contributed by atoms with Gasteiger partial charge in [0.15, 0.2) is 0 Å². The van der Waals surface area contributed by atoms with Crippen LogP contribution in [0.25, 0.3) is 0 Å². The quantitative estimate of drug-likeness (QED) is 0.802. The molecule has 0 saturated carbocycles. The summed E-state index contributed by atoms with van der Waals surface area (Å²) in [7, 11) is 3.28. The van der Waals surface area contributed by atoms with Gasteiger partial charge in [-0.3, -0.25) is 4.79 Å². The van der Waals surface area contributed by atoms with Crippen LogP contribution in [0.2, 0.25) is 0 Å². The van der Waals surface area contributed by atoms with E-state index in [1.807, 2.05) is 13.8 Å². The Balaban J connectivity index is 3.35. The third kappa shape index (κ3) is 3.52. The Morgan fingerprint density at radius 3 is 2.35 bits per heavy atom. The van der Waals surface area contributed by atoms with Crippen molar-refractivity contribution in [3.8, 4) is 0 Å². The van der Waals surface area contributed by atoms with E-state index in [9.17, 15) is 13.2 Å². The molecule has 0 spiro atoms. The number of nitrogens with zero attached hydrogens (tertiary/aromatic N) is 1. The van der Waals surface area contributed by atoms with E-state index in [1.165, 1.54) is 6.07 Å². The Kier molecular flexibility index (Phi) is 5.21. The highest BCUT2D eigenvalue weighted by Crippen LogP contribution is 2.25. The number of aryl methyl sites for hydroxylation is 1. The molecular weight excluding hydrogens is 298 g/mol. The van der Waals surface area contributed by atoms with Gasteiger partial charge in [-0.05, 0) is 50.5 Å². The maximum atomic E-state index is 12.4. The first-order chi connectivity index (χ1) is 9.09. The van der Waals surface area contributed by atoms with Gasteiger partial charge in [0.1, 0.15) is 0 Å². The summed E-state index contributed by atoms with van der Waals surface area (Å²) in [5, 5.41) is 0. The van der Waals surface area contributed by atoms with Crippen molar-refractivity contribution in [1.29, 1.82) is 0 Å². The van der Waals surface area contributed by atoms with E-state index in [1.54, 1.807) is 31.9 Å². The number of halogens is 1. The molecule has 1 atom stereocenters. The van der Waals surface area contributed by atoms with Gasteiger partial charge in [0, 0.05) is 29.3 Å². The van der Waals surface area contributed by atoms with Crippen LogP contribution in [0, 0.1) is 13.8 Å². The fourth-order valence-corrected chi connectivity index (χ4v) is 3.16. The summed E-state index contributed by atoms with van der Waals surface area (Å²) in [4.78, 5) is 14.0. The molecule has 20 heavy (non-hydrogen) atoms. The zero-order valence-corrected chi connectivity index (χ0v) is 14.0. The molecule has 4 nitrogen and oxygen atoms in total. The van der Waals surface area contributed by atoms with Crippen molar-refractivity contribution in [3.05, 3.63) is 28.8 Å². The molecule has 1 amide bonds. The van der Waals surface area contributed by atoms with Gasteiger partial charge in [-0.1, -0.05) is 6.92 Å². The van der Waals surface area contributed by atoms with E-state index in [0.29, 0.717) is 11.1 Å². The summed E-state index contributed by atoms with van der Waals surface area (Å²) >= 11 is 0. The number of benzene rings is 1. The van der Waals surface area contributed by atoms with E-state index < -0.39 is 9.05 Å². The largest absolute Gasteiger partial charge is 0.339 e. The molecule has 0 aromatic heterocycles. The molecule has 0 aliphatic heterocycles. The van der Waals surface area contributed by atoms with Crippen molar-refractivity contribution in [2.24, 2.45) is 0 Å². The first-order valence-electron chi connectivity index (χ1n) is 6.42. The van der Waals surface area contributed by atoms with Gasteiger partial charge in [0.2, 0.25) is 0 Å². The summed E-state index contributed by atoms with van der Waals surface area (Å²) in [5.41, 5.74) is 1.64. The Morgan fingerprint density at radius 1 is 1.35 bits per heavy atom. The number of carbonyl (C=O) groups is 1. The van der Waals surface area contributed by atoms with Crippen LogP contribution >= 0.6 is 10.7 Å². The molecule has 0 saturated heterocycles. The minimum Gasteiger partial charge on any atom is -0.339 e. The average molecular weight is 318 g/mol. The molecule has 1 aromatic rings. The molecule has 0 aliphatic carbocycles. The molecular formula is C14H20ClNO3S. The van der Waals surface area contributed by atoms with Crippen molar-refractivity contribution in [1.82, 2.24) is 4.90 Å². The molecule has 0 fully saturated rings. The number of hydrogen-bond acceptors (Lipinski definition) is 3. The first kappa shape index (κ1) is 17.0. The molecule has 1 rings (SSSR count). The molecule has 6 heteroatoms. The molecule has 1 aromatic carbocycles. The van der Waals surface area contributed by atoms with Crippen molar-refractivity contribution >= 4 is 25.6 Å². The predicted molar refractivity (Wildman–Crippen MR) is 80.8 cm³/mol. The molecule has 0 radical (unpaired) electrons. The number of hydrogen-bond donors (Lipinski definition) is 0. The van der Waals surface area contributed by atoms with E-state index in [2.05, 4.69) is 0 Å². The number of amides is 1. The van der Waals surface area contributed by atoms with Crippen LogP contribution < -0.4 is 0 Å². The van der Waals surface area contributed by atoms with E-state index in [4.69, 9.17) is 10.7 Å². The van der Waals surface area contributed by atoms with E-state index >= 15 is 0 Å². The van der Waals surface area contributed by atoms with Gasteiger partial charge in [0.25, 0.3) is 15.0 Å². The first-order valence-corrected chi connectivity index (χ1v) is 8.73. The highest BCUT2D eigenvalue weighted by molar-refractivity contribution is 8.13. The Hall–Kier alpha value is -1.07. The molecule has 112 valence electrons. The normalized spacial score (nSPS) is 13.1. The topological polar surface area (TPSA) is 54.5 Å². The van der Waals surface area contributed by atoms with E-state index in [-0.39, 0.29) is 16.8 Å². The van der Waals surface area contributed by atoms with Crippen molar-refractivity contribution < 1.29 is 13.2 Å². The summed E-state index contributed by atoms with van der Waals surface area (Å²) in [6.45, 7) is 7.37. The van der Waals surface area contributed by atoms with Gasteiger partial charge in [-0.2, -0.15) is 0 Å². The lowest BCUT2D eigenvalue weighted by Gasteiger charge is -2.24. The fourth-order valence-electron chi connectivity index (χ4n) is 1.88. The lowest BCUT2D eigenvalue weighted by molar-refractivity contribution is 0.0740. The standard InChI is InChI=1S/C14H20ClNO3S/c1-6-10(3)16(5)14(17)12-7-9(2)11(4)13(8-12)20(15,18)19/h7-8,10H,6H2,1-5H3. The molecule has 0 N–H and O–H groups in total. The SMILES string of the molecule is CCC(C)N(C)C(=O)c1cc(C)c(C)c(S(=O)(=O)Cl)c1. The molecule has 0 heterocycles. The second kappa shape index (κ2) is 6.14. The maximum absolute atomic E-state index is 12.4. The van der Waals surface area contributed by atoms with Crippen LogP contribution in [-0.4, -0.2) is 32.3 Å². The predicted octanol–water partition coefficient (Wildman–Crippen LogP) is 3.10. The van der Waals surface area contributed by atoms with Crippen molar-refractivity contribution in [2.75, 3.05) is 7.05 Å². The minimum absolute atomic E-state index is 0.0000631. The van der Waals surface area contributed by atoms with Gasteiger partial charge < -0.3 is 4.90 Å². The zero-order chi connectivity index (χ0) is 15.7. The molecule has 0 bridgehead atoms. The number of rotatable bonds is 4. The van der Waals surface area contributed by atoms with E-state index in [0.717, 1.165) is 12.0 Å². The van der Waals surface area contributed by atoms with Crippen LogP contribution in [0.4, 0.5) is 0 Å².